The summed E-state index contributed by atoms with van der Waals surface area (Å²) < 4.78 is 11.7. The number of carbonyl (C=O) groups excluding carboxylic acids is 2. The number of ether oxygens (including phenoxy) is 2. The lowest BCUT2D eigenvalue weighted by molar-refractivity contribution is -0.256. The van der Waals surface area contributed by atoms with Crippen molar-refractivity contribution in [2.45, 2.75) is 126 Å². The van der Waals surface area contributed by atoms with Crippen LogP contribution in [0, 0.1) is 56.7 Å². The molecule has 4 nitrogen and oxygen atoms in total. The van der Waals surface area contributed by atoms with E-state index in [0.717, 1.165) is 31.1 Å². The first-order chi connectivity index (χ1) is 17.6. The normalized spacial score (nSPS) is 51.6. The minimum atomic E-state index is -0.356. The number of allylic oxidation sites excluding steroid dienone is 1. The number of rotatable bonds is 4. The second-order valence-corrected chi connectivity index (χ2v) is 15.8. The Morgan fingerprint density at radius 3 is 2.11 bits per heavy atom. The third-order valence-corrected chi connectivity index (χ3v) is 14.1. The molecule has 0 spiro atoms. The van der Waals surface area contributed by atoms with Gasteiger partial charge in [-0.1, -0.05) is 46.8 Å². The molecular weight excluding hydrogens is 472 g/mol. The molecule has 4 heteroatoms. The molecule has 5 fully saturated rings. The molecule has 5 saturated carbocycles. The van der Waals surface area contributed by atoms with Crippen molar-refractivity contribution in [2.75, 3.05) is 6.61 Å². The molecule has 5 aliphatic rings. The van der Waals surface area contributed by atoms with Crippen LogP contribution in [0.3, 0.4) is 0 Å². The highest BCUT2D eigenvalue weighted by molar-refractivity contribution is 5.66. The first-order valence-corrected chi connectivity index (χ1v) is 15.6. The lowest BCUT2D eigenvalue weighted by Crippen LogP contribution is -2.67. The van der Waals surface area contributed by atoms with Crippen LogP contribution >= 0.6 is 0 Å². The van der Waals surface area contributed by atoms with Crippen LogP contribution in [0.15, 0.2) is 12.2 Å². The fraction of sp³-hybridized carbons (Fsp3) is 0.882. The molecule has 5 aliphatic carbocycles. The minimum Gasteiger partial charge on any atom is -0.465 e. The van der Waals surface area contributed by atoms with E-state index in [4.69, 9.17) is 9.47 Å². The van der Waals surface area contributed by atoms with E-state index in [1.807, 2.05) is 0 Å². The van der Waals surface area contributed by atoms with Crippen molar-refractivity contribution in [3.63, 3.8) is 0 Å². The summed E-state index contributed by atoms with van der Waals surface area (Å²) in [5.74, 6) is 2.77. The van der Waals surface area contributed by atoms with Gasteiger partial charge in [-0.25, -0.2) is 0 Å². The van der Waals surface area contributed by atoms with E-state index in [0.29, 0.717) is 40.6 Å². The van der Waals surface area contributed by atoms with E-state index in [1.165, 1.54) is 64.4 Å². The van der Waals surface area contributed by atoms with Crippen LogP contribution in [-0.2, 0) is 19.1 Å². The molecule has 0 radical (unpaired) electrons. The zero-order chi connectivity index (χ0) is 27.9. The van der Waals surface area contributed by atoms with E-state index in [-0.39, 0.29) is 28.9 Å². The van der Waals surface area contributed by atoms with Crippen molar-refractivity contribution in [3.05, 3.63) is 12.2 Å². The Morgan fingerprint density at radius 1 is 0.763 bits per heavy atom. The molecule has 0 N–H and O–H groups in total. The van der Waals surface area contributed by atoms with Gasteiger partial charge < -0.3 is 9.47 Å². The molecular formula is C34H54O4. The second kappa shape index (κ2) is 9.10. The number of hydrogen-bond acceptors (Lipinski definition) is 4. The van der Waals surface area contributed by atoms with Gasteiger partial charge in [0.05, 0.1) is 0 Å². The van der Waals surface area contributed by atoms with Gasteiger partial charge in [0.15, 0.2) is 0 Å². The van der Waals surface area contributed by atoms with Gasteiger partial charge in [0.25, 0.3) is 0 Å². The number of hydrogen-bond donors (Lipinski definition) is 0. The van der Waals surface area contributed by atoms with Crippen molar-refractivity contribution in [1.29, 1.82) is 0 Å². The fourth-order valence-corrected chi connectivity index (χ4v) is 12.1. The Hall–Kier alpha value is -1.32. The second-order valence-electron chi connectivity index (χ2n) is 15.8. The zero-order valence-corrected chi connectivity index (χ0v) is 25.6. The SMILES string of the molecule is C=C(C)[C@@H]1CC[C@]2(C)CC[C@]3(C)[C@H](CC[C@@H]4[C@@]5(C)CC[C@H](OC(C)=O)[C@](C)(COC(C)=O)[C@@H]5CC[C@]43C)[C@@H]12. The summed E-state index contributed by atoms with van der Waals surface area (Å²) in [5, 5.41) is 0. The molecule has 0 amide bonds. The van der Waals surface area contributed by atoms with Crippen LogP contribution in [0.4, 0.5) is 0 Å². The van der Waals surface area contributed by atoms with E-state index < -0.39 is 0 Å². The first kappa shape index (κ1) is 28.2. The average Bonchev–Trinajstić information content (AvgIpc) is 3.18. The Bertz CT molecular complexity index is 1000. The third kappa shape index (κ3) is 3.80. The van der Waals surface area contributed by atoms with Gasteiger partial charge in [-0.15, -0.1) is 0 Å². The molecule has 0 bridgehead atoms. The Kier molecular flexibility index (Phi) is 6.76. The van der Waals surface area contributed by atoms with E-state index in [1.54, 1.807) is 0 Å². The average molecular weight is 527 g/mol. The topological polar surface area (TPSA) is 52.6 Å². The Labute approximate surface area is 232 Å². The highest BCUT2D eigenvalue weighted by Gasteiger charge is 2.71. The molecule has 0 unspecified atom stereocenters. The third-order valence-electron chi connectivity index (χ3n) is 14.1. The summed E-state index contributed by atoms with van der Waals surface area (Å²) in [7, 11) is 0. The quantitative estimate of drug-likeness (QED) is 0.274. The van der Waals surface area contributed by atoms with Gasteiger partial charge >= 0.3 is 11.9 Å². The maximum Gasteiger partial charge on any atom is 0.302 e. The molecule has 0 heterocycles. The largest absolute Gasteiger partial charge is 0.465 e. The standard InChI is InChI=1S/C34H54O4/c1-21(2)24-12-15-30(5)18-19-33(8)25(29(24)30)10-11-27-31(6)16-14-28(38-23(4)36)32(7,20-37-22(3)35)26(31)13-17-34(27,33)9/h24-29H,1,10-20H2,2-9H3/t24-,25+,26+,27+,28-,29+,30+,31-,32+,33+,34+/m0/s1. The van der Waals surface area contributed by atoms with Crippen LogP contribution in [0.5, 0.6) is 0 Å². The molecule has 214 valence electrons. The summed E-state index contributed by atoms with van der Waals surface area (Å²) >= 11 is 0. The van der Waals surface area contributed by atoms with E-state index in [9.17, 15) is 9.59 Å². The summed E-state index contributed by atoms with van der Waals surface area (Å²) in [6, 6.07) is 0. The predicted octanol–water partition coefficient (Wildman–Crippen LogP) is 8.14. The highest BCUT2D eigenvalue weighted by atomic mass is 16.6. The zero-order valence-electron chi connectivity index (χ0n) is 25.6. The van der Waals surface area contributed by atoms with Gasteiger partial charge in [0.1, 0.15) is 12.7 Å². The Morgan fingerprint density at radius 2 is 1.47 bits per heavy atom. The molecule has 0 aromatic carbocycles. The van der Waals surface area contributed by atoms with Crippen LogP contribution in [0.1, 0.15) is 120 Å². The predicted molar refractivity (Wildman–Crippen MR) is 151 cm³/mol. The Balaban J connectivity index is 1.51. The molecule has 5 rings (SSSR count). The van der Waals surface area contributed by atoms with Gasteiger partial charge in [-0.3, -0.25) is 9.59 Å². The van der Waals surface area contributed by atoms with Gasteiger partial charge in [-0.05, 0) is 122 Å². The molecule has 0 aromatic rings. The smallest absolute Gasteiger partial charge is 0.302 e. The monoisotopic (exact) mass is 526 g/mol. The fourth-order valence-electron chi connectivity index (χ4n) is 12.1. The summed E-state index contributed by atoms with van der Waals surface area (Å²) in [5.41, 5.74) is 2.31. The van der Waals surface area contributed by atoms with Crippen LogP contribution in [0.2, 0.25) is 0 Å². The van der Waals surface area contributed by atoms with Crippen molar-refractivity contribution >= 4 is 11.9 Å². The van der Waals surface area contributed by atoms with Gasteiger partial charge in [0.2, 0.25) is 0 Å². The maximum absolute atomic E-state index is 12.1. The van der Waals surface area contributed by atoms with Crippen LogP contribution < -0.4 is 0 Å². The van der Waals surface area contributed by atoms with Gasteiger partial charge in [0, 0.05) is 19.3 Å². The van der Waals surface area contributed by atoms with Gasteiger partial charge in [-0.2, -0.15) is 0 Å². The summed E-state index contributed by atoms with van der Waals surface area (Å²) in [4.78, 5) is 24.0. The van der Waals surface area contributed by atoms with E-state index in [2.05, 4.69) is 48.1 Å². The highest BCUT2D eigenvalue weighted by Crippen LogP contribution is 2.77. The number of carbonyl (C=O) groups is 2. The summed E-state index contributed by atoms with van der Waals surface area (Å²) in [6.45, 7) is 22.9. The molecule has 0 aromatic heterocycles. The van der Waals surface area contributed by atoms with Crippen molar-refractivity contribution < 1.29 is 19.1 Å². The molecule has 11 atom stereocenters. The van der Waals surface area contributed by atoms with Crippen LogP contribution in [-0.4, -0.2) is 24.6 Å². The maximum atomic E-state index is 12.1. The van der Waals surface area contributed by atoms with E-state index >= 15 is 0 Å². The van der Waals surface area contributed by atoms with Crippen molar-refractivity contribution in [1.82, 2.24) is 0 Å². The molecule has 0 saturated heterocycles. The minimum absolute atomic E-state index is 0.150. The van der Waals surface area contributed by atoms with Crippen molar-refractivity contribution in [2.24, 2.45) is 56.7 Å². The molecule has 0 aliphatic heterocycles. The molecule has 38 heavy (non-hydrogen) atoms. The summed E-state index contributed by atoms with van der Waals surface area (Å²) in [6.07, 6.45) is 12.1. The number of esters is 2. The first-order valence-electron chi connectivity index (χ1n) is 15.6. The lowest BCUT2D eigenvalue weighted by atomic mass is 9.32. The number of fused-ring (bicyclic) bond motifs is 7. The van der Waals surface area contributed by atoms with Crippen LogP contribution in [0.25, 0.3) is 0 Å². The lowest BCUT2D eigenvalue weighted by Gasteiger charge is -2.73. The van der Waals surface area contributed by atoms with Crippen molar-refractivity contribution in [3.8, 4) is 0 Å².